The molecule has 0 saturated heterocycles. The van der Waals surface area contributed by atoms with E-state index in [1.165, 1.54) is 35.2 Å². The van der Waals surface area contributed by atoms with Gasteiger partial charge >= 0.3 is 12.3 Å². The number of carboxylic acid groups (broad SMARTS) is 1. The molecule has 0 aliphatic carbocycles. The normalized spacial score (nSPS) is 19.1. The molecule has 2 bridgehead atoms. The average Bonchev–Trinajstić information content (AvgIpc) is 3.50. The molecule has 3 heterocycles. The SMILES string of the molecule is C[C@@H]1CCC[C@H](n2cnc(-c3cc(Cl)ccc3-n3cc(C(F)(F)F)nn3)cc2=O)c2cccc(c2)C[C@H](CCNC(=O)O)NC1=O. The Morgan fingerprint density at radius 2 is 1.96 bits per heavy atom. The van der Waals surface area contributed by atoms with Gasteiger partial charge in [-0.2, -0.15) is 13.2 Å². The van der Waals surface area contributed by atoms with Gasteiger partial charge < -0.3 is 15.7 Å². The van der Waals surface area contributed by atoms with Gasteiger partial charge in [0.25, 0.3) is 5.56 Å². The Balaban J connectivity index is 1.49. The highest BCUT2D eigenvalue weighted by atomic mass is 35.5. The number of carbonyl (C=O) groups is 2. The molecule has 5 rings (SSSR count). The molecule has 0 saturated carbocycles. The van der Waals surface area contributed by atoms with E-state index in [0.29, 0.717) is 37.7 Å². The van der Waals surface area contributed by atoms with Crippen LogP contribution in [0.3, 0.4) is 0 Å². The van der Waals surface area contributed by atoms with Gasteiger partial charge in [0, 0.05) is 35.2 Å². The largest absolute Gasteiger partial charge is 0.465 e. The van der Waals surface area contributed by atoms with Crippen LogP contribution in [0.2, 0.25) is 5.02 Å². The van der Waals surface area contributed by atoms with Gasteiger partial charge in [-0.1, -0.05) is 54.4 Å². The zero-order valence-electron chi connectivity index (χ0n) is 24.7. The van der Waals surface area contributed by atoms with E-state index in [-0.39, 0.29) is 40.8 Å². The van der Waals surface area contributed by atoms with E-state index in [1.54, 1.807) is 0 Å². The fourth-order valence-electron chi connectivity index (χ4n) is 5.56. The van der Waals surface area contributed by atoms with Gasteiger partial charge in [0.2, 0.25) is 5.91 Å². The molecule has 0 unspecified atom stereocenters. The van der Waals surface area contributed by atoms with Gasteiger partial charge in [0.05, 0.1) is 29.9 Å². The first-order valence-corrected chi connectivity index (χ1v) is 15.0. The maximum atomic E-state index is 13.7. The Morgan fingerprint density at radius 3 is 2.67 bits per heavy atom. The molecule has 2 amide bonds. The molecule has 0 spiro atoms. The van der Waals surface area contributed by atoms with Gasteiger partial charge in [-0.3, -0.25) is 14.2 Å². The summed E-state index contributed by atoms with van der Waals surface area (Å²) in [6, 6.07) is 12.7. The minimum atomic E-state index is -4.69. The van der Waals surface area contributed by atoms with Crippen LogP contribution in [0.5, 0.6) is 0 Å². The third kappa shape index (κ3) is 7.73. The summed E-state index contributed by atoms with van der Waals surface area (Å²) in [5.74, 6) is -0.426. The summed E-state index contributed by atoms with van der Waals surface area (Å²) in [4.78, 5) is 42.1. The van der Waals surface area contributed by atoms with Crippen LogP contribution >= 0.6 is 11.6 Å². The van der Waals surface area contributed by atoms with Crippen LogP contribution in [0, 0.1) is 5.92 Å². The van der Waals surface area contributed by atoms with Crippen LogP contribution in [0.1, 0.15) is 55.5 Å². The fourth-order valence-corrected chi connectivity index (χ4v) is 5.74. The van der Waals surface area contributed by atoms with Crippen LogP contribution < -0.4 is 16.2 Å². The third-order valence-corrected chi connectivity index (χ3v) is 8.17. The van der Waals surface area contributed by atoms with Crippen molar-refractivity contribution < 1.29 is 27.9 Å². The number of halogens is 4. The zero-order valence-corrected chi connectivity index (χ0v) is 25.4. The van der Waals surface area contributed by atoms with Crippen molar-refractivity contribution in [1.82, 2.24) is 35.2 Å². The summed E-state index contributed by atoms with van der Waals surface area (Å²) in [5.41, 5.74) is 0.890. The molecule has 242 valence electrons. The van der Waals surface area contributed by atoms with Crippen LogP contribution in [-0.4, -0.2) is 54.2 Å². The van der Waals surface area contributed by atoms with Crippen molar-refractivity contribution in [1.29, 1.82) is 0 Å². The van der Waals surface area contributed by atoms with Crippen molar-refractivity contribution in [2.24, 2.45) is 5.92 Å². The molecule has 1 aliphatic rings. The van der Waals surface area contributed by atoms with E-state index in [1.807, 2.05) is 31.2 Å². The van der Waals surface area contributed by atoms with E-state index in [0.717, 1.165) is 22.0 Å². The Hall–Kier alpha value is -4.72. The van der Waals surface area contributed by atoms with Crippen molar-refractivity contribution >= 4 is 23.6 Å². The van der Waals surface area contributed by atoms with Crippen molar-refractivity contribution in [2.75, 3.05) is 6.54 Å². The van der Waals surface area contributed by atoms with Gasteiger partial charge in [0.1, 0.15) is 0 Å². The number of benzene rings is 2. The quantitative estimate of drug-likeness (QED) is 0.257. The second-order valence-corrected chi connectivity index (χ2v) is 11.7. The molecule has 1 aliphatic heterocycles. The Bertz CT molecular complexity index is 1790. The maximum Gasteiger partial charge on any atom is 0.436 e. The van der Waals surface area contributed by atoms with Crippen LogP contribution in [0.15, 0.2) is 65.8 Å². The molecule has 2 aromatic heterocycles. The molecule has 0 fully saturated rings. The lowest BCUT2D eigenvalue weighted by molar-refractivity contribution is -0.141. The van der Waals surface area contributed by atoms with Crippen LogP contribution in [-0.2, 0) is 17.4 Å². The maximum absolute atomic E-state index is 13.7. The third-order valence-electron chi connectivity index (χ3n) is 7.93. The molecular weight excluding hydrogens is 627 g/mol. The molecule has 46 heavy (non-hydrogen) atoms. The predicted molar refractivity (Wildman–Crippen MR) is 163 cm³/mol. The topological polar surface area (TPSA) is 144 Å². The highest BCUT2D eigenvalue weighted by molar-refractivity contribution is 6.31. The summed E-state index contributed by atoms with van der Waals surface area (Å²) in [7, 11) is 0. The first-order chi connectivity index (χ1) is 21.9. The Morgan fingerprint density at radius 1 is 1.15 bits per heavy atom. The lowest BCUT2D eigenvalue weighted by Crippen LogP contribution is -2.41. The summed E-state index contributed by atoms with van der Waals surface area (Å²) in [6.45, 7) is 2.01. The summed E-state index contributed by atoms with van der Waals surface area (Å²) in [6.07, 6.45) is -1.08. The van der Waals surface area contributed by atoms with Gasteiger partial charge in [-0.25, -0.2) is 14.5 Å². The van der Waals surface area contributed by atoms with Gasteiger partial charge in [-0.05, 0) is 55.0 Å². The van der Waals surface area contributed by atoms with Crippen molar-refractivity contribution in [3.8, 4) is 16.9 Å². The summed E-state index contributed by atoms with van der Waals surface area (Å²) >= 11 is 6.23. The molecule has 0 radical (unpaired) electrons. The van der Waals surface area contributed by atoms with E-state index in [4.69, 9.17) is 16.7 Å². The second kappa shape index (κ2) is 13.7. The molecule has 3 atom stereocenters. The number of amides is 2. The molecular formula is C31H31ClF3N7O4. The van der Waals surface area contributed by atoms with E-state index < -0.39 is 29.6 Å². The van der Waals surface area contributed by atoms with E-state index in [9.17, 15) is 27.6 Å². The average molecular weight is 658 g/mol. The Kier molecular flexibility index (Phi) is 9.75. The van der Waals surface area contributed by atoms with Crippen molar-refractivity contribution in [3.63, 3.8) is 0 Å². The molecule has 2 aromatic carbocycles. The standard InChI is InChI=1S/C31H31ClF3N7O4/c1-18-4-2-7-25(20-6-3-5-19(12-20)13-22(38-29(18)44)10-11-36-30(45)46)41-17-37-24(15-28(41)43)23-14-21(32)8-9-26(23)42-16-27(39-40-42)31(33,34)35/h3,5-6,8-9,12,14-18,22,25,36H,2,4,7,10-11,13H2,1H3,(H,38,44)(H,45,46)/t18-,22+,25+/m1/s1. The summed E-state index contributed by atoms with van der Waals surface area (Å²) < 4.78 is 42.1. The van der Waals surface area contributed by atoms with Crippen LogP contribution in [0.25, 0.3) is 16.9 Å². The first kappa shape index (κ1) is 32.7. The number of nitrogens with zero attached hydrogens (tertiary/aromatic N) is 5. The lowest BCUT2D eigenvalue weighted by Gasteiger charge is -2.25. The molecule has 3 N–H and O–H groups in total. The number of hydrogen-bond acceptors (Lipinski definition) is 6. The Labute approximate surface area is 266 Å². The number of aromatic nitrogens is 5. The summed E-state index contributed by atoms with van der Waals surface area (Å²) in [5, 5.41) is 21.5. The lowest BCUT2D eigenvalue weighted by atomic mass is 9.92. The second-order valence-electron chi connectivity index (χ2n) is 11.3. The van der Waals surface area contributed by atoms with Gasteiger partial charge in [-0.15, -0.1) is 5.10 Å². The fraction of sp³-hybridized carbons (Fsp3) is 0.355. The van der Waals surface area contributed by atoms with E-state index in [2.05, 4.69) is 25.9 Å². The minimum Gasteiger partial charge on any atom is -0.465 e. The first-order valence-electron chi connectivity index (χ1n) is 14.6. The van der Waals surface area contributed by atoms with E-state index >= 15 is 0 Å². The number of hydrogen-bond donors (Lipinski definition) is 3. The van der Waals surface area contributed by atoms with Crippen molar-refractivity contribution in [2.45, 2.75) is 57.3 Å². The molecule has 4 aromatic rings. The van der Waals surface area contributed by atoms with Gasteiger partial charge in [0.15, 0.2) is 5.69 Å². The predicted octanol–water partition coefficient (Wildman–Crippen LogP) is 5.26. The number of carbonyl (C=O) groups excluding carboxylic acids is 1. The smallest absolute Gasteiger partial charge is 0.436 e. The highest BCUT2D eigenvalue weighted by Crippen LogP contribution is 2.32. The minimum absolute atomic E-state index is 0.121. The van der Waals surface area contributed by atoms with Crippen molar-refractivity contribution in [3.05, 3.63) is 93.3 Å². The zero-order chi connectivity index (χ0) is 33.0. The highest BCUT2D eigenvalue weighted by Gasteiger charge is 2.35. The number of rotatable bonds is 6. The number of fused-ring (bicyclic) bond motifs is 2. The number of alkyl halides is 3. The number of nitrogens with one attached hydrogen (secondary N) is 2. The molecule has 11 nitrogen and oxygen atoms in total. The van der Waals surface area contributed by atoms with Crippen LogP contribution in [0.4, 0.5) is 18.0 Å². The monoisotopic (exact) mass is 657 g/mol. The molecule has 15 heteroatoms.